The summed E-state index contributed by atoms with van der Waals surface area (Å²) in [6, 6.07) is 10.5. The third-order valence-electron chi connectivity index (χ3n) is 4.78. The summed E-state index contributed by atoms with van der Waals surface area (Å²) in [7, 11) is 0. The summed E-state index contributed by atoms with van der Waals surface area (Å²) >= 11 is 0. The summed E-state index contributed by atoms with van der Waals surface area (Å²) in [4.78, 5) is 40.4. The topological polar surface area (TPSA) is 80.1 Å². The lowest BCUT2D eigenvalue weighted by Gasteiger charge is -2.36. The molecule has 4 rings (SSSR count). The molecule has 134 valence electrons. The van der Waals surface area contributed by atoms with Crippen molar-refractivity contribution in [1.82, 2.24) is 9.80 Å². The van der Waals surface area contributed by atoms with E-state index in [2.05, 4.69) is 0 Å². The number of ether oxygens (including phenoxy) is 1. The number of cyclic esters (lactones) is 1. The molecule has 0 N–H and O–H groups in total. The molecule has 7 heteroatoms. The minimum absolute atomic E-state index is 0.180. The number of furan rings is 1. The van der Waals surface area contributed by atoms with Gasteiger partial charge in [0.1, 0.15) is 0 Å². The second-order valence-electron chi connectivity index (χ2n) is 6.35. The van der Waals surface area contributed by atoms with Gasteiger partial charge < -0.3 is 19.0 Å². The molecule has 1 saturated heterocycles. The van der Waals surface area contributed by atoms with Crippen molar-refractivity contribution >= 4 is 17.8 Å². The highest BCUT2D eigenvalue weighted by atomic mass is 16.5. The molecule has 0 aliphatic carbocycles. The van der Waals surface area contributed by atoms with Crippen LogP contribution in [0.3, 0.4) is 0 Å². The second kappa shape index (κ2) is 6.67. The molecule has 2 aliphatic heterocycles. The van der Waals surface area contributed by atoms with Crippen LogP contribution in [0.25, 0.3) is 0 Å². The minimum Gasteiger partial charge on any atom is -0.459 e. The SMILES string of the molecule is O=C1OC(C(=O)N2CCN(C(=O)c3ccco3)CC2)Cc2ccccc21. The molecule has 1 aromatic carbocycles. The fraction of sp³-hybridized carbons (Fsp3) is 0.316. The number of hydrogen-bond acceptors (Lipinski definition) is 5. The fourth-order valence-electron chi connectivity index (χ4n) is 3.36. The number of carbonyl (C=O) groups is 3. The van der Waals surface area contributed by atoms with Gasteiger partial charge in [0.15, 0.2) is 11.9 Å². The average molecular weight is 354 g/mol. The van der Waals surface area contributed by atoms with E-state index in [4.69, 9.17) is 9.15 Å². The Kier molecular flexibility index (Phi) is 4.20. The maximum Gasteiger partial charge on any atom is 0.339 e. The zero-order valence-electron chi connectivity index (χ0n) is 14.1. The fourth-order valence-corrected chi connectivity index (χ4v) is 3.36. The van der Waals surface area contributed by atoms with E-state index < -0.39 is 12.1 Å². The predicted molar refractivity (Wildman–Crippen MR) is 90.5 cm³/mol. The van der Waals surface area contributed by atoms with Crippen molar-refractivity contribution in [2.24, 2.45) is 0 Å². The molecule has 0 radical (unpaired) electrons. The Morgan fingerprint density at radius 2 is 1.69 bits per heavy atom. The lowest BCUT2D eigenvalue weighted by molar-refractivity contribution is -0.142. The number of fused-ring (bicyclic) bond motifs is 1. The molecule has 0 spiro atoms. The van der Waals surface area contributed by atoms with E-state index in [0.29, 0.717) is 43.9 Å². The average Bonchev–Trinajstić information content (AvgIpc) is 3.22. The van der Waals surface area contributed by atoms with E-state index in [1.165, 1.54) is 6.26 Å². The Bertz CT molecular complexity index is 837. The van der Waals surface area contributed by atoms with Gasteiger partial charge in [0.2, 0.25) is 0 Å². The van der Waals surface area contributed by atoms with E-state index in [1.807, 2.05) is 12.1 Å². The third-order valence-corrected chi connectivity index (χ3v) is 4.78. The van der Waals surface area contributed by atoms with Gasteiger partial charge in [0.25, 0.3) is 11.8 Å². The summed E-state index contributed by atoms with van der Waals surface area (Å²) in [5.74, 6) is -0.558. The van der Waals surface area contributed by atoms with Gasteiger partial charge in [-0.05, 0) is 23.8 Å². The molecular weight excluding hydrogens is 336 g/mol. The van der Waals surface area contributed by atoms with E-state index in [1.54, 1.807) is 34.1 Å². The van der Waals surface area contributed by atoms with Crippen molar-refractivity contribution < 1.29 is 23.5 Å². The minimum atomic E-state index is -0.801. The van der Waals surface area contributed by atoms with Crippen LogP contribution >= 0.6 is 0 Å². The van der Waals surface area contributed by atoms with E-state index in [0.717, 1.165) is 5.56 Å². The van der Waals surface area contributed by atoms with Crippen LogP contribution in [-0.4, -0.2) is 59.9 Å². The molecule has 0 bridgehead atoms. The number of amides is 2. The Labute approximate surface area is 150 Å². The van der Waals surface area contributed by atoms with Crippen LogP contribution in [0, 0.1) is 0 Å². The van der Waals surface area contributed by atoms with Gasteiger partial charge in [-0.2, -0.15) is 0 Å². The standard InChI is InChI=1S/C19H18N2O5/c22-17(15-6-3-11-25-15)20-7-9-21(10-8-20)18(23)16-12-13-4-1-2-5-14(13)19(24)26-16/h1-6,11,16H,7-10,12H2. The van der Waals surface area contributed by atoms with Crippen LogP contribution in [0.5, 0.6) is 0 Å². The Hall–Kier alpha value is -3.09. The van der Waals surface area contributed by atoms with Crippen LogP contribution in [0.4, 0.5) is 0 Å². The van der Waals surface area contributed by atoms with E-state index >= 15 is 0 Å². The number of rotatable bonds is 2. The van der Waals surface area contributed by atoms with E-state index in [-0.39, 0.29) is 11.8 Å². The molecule has 2 aliphatic rings. The highest BCUT2D eigenvalue weighted by Gasteiger charge is 2.35. The maximum atomic E-state index is 12.7. The van der Waals surface area contributed by atoms with Crippen molar-refractivity contribution in [2.75, 3.05) is 26.2 Å². The lowest BCUT2D eigenvalue weighted by Crippen LogP contribution is -2.54. The van der Waals surface area contributed by atoms with Crippen molar-refractivity contribution in [3.8, 4) is 0 Å². The number of hydrogen-bond donors (Lipinski definition) is 0. The first-order chi connectivity index (χ1) is 12.6. The van der Waals surface area contributed by atoms with E-state index in [9.17, 15) is 14.4 Å². The summed E-state index contributed by atoms with van der Waals surface area (Å²) in [6.07, 6.45) is 1.04. The molecule has 1 aromatic heterocycles. The van der Waals surface area contributed by atoms with Crippen molar-refractivity contribution in [2.45, 2.75) is 12.5 Å². The summed E-state index contributed by atoms with van der Waals surface area (Å²) in [5, 5.41) is 0. The van der Waals surface area contributed by atoms with Gasteiger partial charge in [-0.25, -0.2) is 4.79 Å². The zero-order valence-corrected chi connectivity index (χ0v) is 14.1. The molecule has 1 unspecified atom stereocenters. The number of carbonyl (C=O) groups excluding carboxylic acids is 3. The molecule has 7 nitrogen and oxygen atoms in total. The molecule has 26 heavy (non-hydrogen) atoms. The lowest BCUT2D eigenvalue weighted by atomic mass is 9.98. The third kappa shape index (κ3) is 2.96. The van der Waals surface area contributed by atoms with Crippen molar-refractivity contribution in [3.63, 3.8) is 0 Å². The molecule has 3 heterocycles. The number of benzene rings is 1. The van der Waals surface area contributed by atoms with Crippen LogP contribution < -0.4 is 0 Å². The molecule has 1 atom stereocenters. The maximum absolute atomic E-state index is 12.7. The Morgan fingerprint density at radius 1 is 0.962 bits per heavy atom. The van der Waals surface area contributed by atoms with Crippen molar-refractivity contribution in [1.29, 1.82) is 0 Å². The monoisotopic (exact) mass is 354 g/mol. The Balaban J connectivity index is 1.38. The first-order valence-corrected chi connectivity index (χ1v) is 8.54. The second-order valence-corrected chi connectivity index (χ2v) is 6.35. The largest absolute Gasteiger partial charge is 0.459 e. The predicted octanol–water partition coefficient (Wildman–Crippen LogP) is 1.35. The van der Waals surface area contributed by atoms with Crippen LogP contribution in [0.1, 0.15) is 26.5 Å². The molecule has 1 fully saturated rings. The molecular formula is C19H18N2O5. The smallest absolute Gasteiger partial charge is 0.339 e. The number of nitrogens with zero attached hydrogens (tertiary/aromatic N) is 2. The van der Waals surface area contributed by atoms with Gasteiger partial charge in [-0.3, -0.25) is 9.59 Å². The number of piperazine rings is 1. The van der Waals surface area contributed by atoms with Crippen LogP contribution in [0.2, 0.25) is 0 Å². The summed E-state index contributed by atoms with van der Waals surface area (Å²) in [5.41, 5.74) is 1.35. The molecule has 0 saturated carbocycles. The first-order valence-electron chi connectivity index (χ1n) is 8.54. The normalized spacial score (nSPS) is 19.7. The van der Waals surface area contributed by atoms with Crippen LogP contribution in [0.15, 0.2) is 47.1 Å². The number of esters is 1. The first kappa shape index (κ1) is 16.4. The van der Waals surface area contributed by atoms with Crippen molar-refractivity contribution in [3.05, 3.63) is 59.5 Å². The van der Waals surface area contributed by atoms with Crippen LogP contribution in [-0.2, 0) is 16.0 Å². The highest BCUT2D eigenvalue weighted by molar-refractivity contribution is 5.96. The van der Waals surface area contributed by atoms with Gasteiger partial charge in [-0.1, -0.05) is 18.2 Å². The van der Waals surface area contributed by atoms with Gasteiger partial charge in [-0.15, -0.1) is 0 Å². The summed E-state index contributed by atoms with van der Waals surface area (Å²) in [6.45, 7) is 1.65. The van der Waals surface area contributed by atoms with Gasteiger partial charge in [0, 0.05) is 32.6 Å². The van der Waals surface area contributed by atoms with Gasteiger partial charge in [0.05, 0.1) is 11.8 Å². The van der Waals surface area contributed by atoms with Gasteiger partial charge >= 0.3 is 5.97 Å². The highest BCUT2D eigenvalue weighted by Crippen LogP contribution is 2.22. The quantitative estimate of drug-likeness (QED) is 0.761. The molecule has 2 amide bonds. The zero-order chi connectivity index (χ0) is 18.1. The molecule has 2 aromatic rings. The Morgan fingerprint density at radius 3 is 2.42 bits per heavy atom. The summed E-state index contributed by atoms with van der Waals surface area (Å²) < 4.78 is 10.5.